The van der Waals surface area contributed by atoms with Crippen molar-refractivity contribution in [3.8, 4) is 5.88 Å². The number of thioether (sulfide) groups is 1. The maximum Gasteiger partial charge on any atom is 0.225 e. The van der Waals surface area contributed by atoms with Gasteiger partial charge in [-0.3, -0.25) is 4.79 Å². The largest absolute Gasteiger partial charge is 0.478 e. The highest BCUT2D eigenvalue weighted by Crippen LogP contribution is 2.42. The topological polar surface area (TPSA) is 51.7 Å². The maximum atomic E-state index is 12.8. The second-order valence-corrected chi connectivity index (χ2v) is 9.14. The van der Waals surface area contributed by atoms with Crippen LogP contribution >= 0.6 is 11.8 Å². The number of nitrogens with zero attached hydrogens (tertiary/aromatic N) is 2. The Labute approximate surface area is 166 Å². The number of carbonyl (C=O) groups excluding carboxylic acids is 1. The Hall–Kier alpha value is -1.27. The van der Waals surface area contributed by atoms with E-state index in [4.69, 9.17) is 9.47 Å². The van der Waals surface area contributed by atoms with Gasteiger partial charge in [-0.25, -0.2) is 4.98 Å². The molecule has 1 spiro atoms. The molecule has 0 bridgehead atoms. The van der Waals surface area contributed by atoms with Crippen LogP contribution in [0.25, 0.3) is 0 Å². The predicted octanol–water partition coefficient (Wildman–Crippen LogP) is 3.39. The van der Waals surface area contributed by atoms with Crippen LogP contribution in [0.1, 0.15) is 38.5 Å². The molecule has 1 aromatic rings. The minimum absolute atomic E-state index is 0.0489. The molecule has 0 aromatic carbocycles. The molecular formula is C21H30N2O3S. The molecule has 3 fully saturated rings. The van der Waals surface area contributed by atoms with E-state index in [2.05, 4.69) is 9.88 Å². The highest BCUT2D eigenvalue weighted by atomic mass is 32.2. The third kappa shape index (κ3) is 4.43. The first-order chi connectivity index (χ1) is 13.3. The van der Waals surface area contributed by atoms with Crippen molar-refractivity contribution in [2.75, 3.05) is 37.8 Å². The van der Waals surface area contributed by atoms with Gasteiger partial charge in [-0.15, -0.1) is 0 Å². The number of likely N-dealkylation sites (tertiary alicyclic amines) is 1. The third-order valence-electron chi connectivity index (χ3n) is 6.45. The third-order valence-corrected chi connectivity index (χ3v) is 7.49. The fourth-order valence-corrected chi connectivity index (χ4v) is 5.90. The van der Waals surface area contributed by atoms with Crippen LogP contribution in [0.3, 0.4) is 0 Å². The summed E-state index contributed by atoms with van der Waals surface area (Å²) >= 11 is 1.98. The fraction of sp³-hybridized carbons (Fsp3) is 0.714. The molecule has 27 heavy (non-hydrogen) atoms. The van der Waals surface area contributed by atoms with Crippen molar-refractivity contribution < 1.29 is 14.3 Å². The van der Waals surface area contributed by atoms with Gasteiger partial charge in [-0.1, -0.05) is 6.07 Å². The smallest absolute Gasteiger partial charge is 0.225 e. The van der Waals surface area contributed by atoms with E-state index in [1.54, 1.807) is 6.20 Å². The van der Waals surface area contributed by atoms with Crippen molar-refractivity contribution in [3.05, 3.63) is 24.4 Å². The van der Waals surface area contributed by atoms with E-state index in [9.17, 15) is 4.79 Å². The Morgan fingerprint density at radius 3 is 2.81 bits per heavy atom. The average molecular weight is 391 g/mol. The minimum Gasteiger partial charge on any atom is -0.478 e. The second kappa shape index (κ2) is 8.82. The molecule has 0 saturated carbocycles. The normalized spacial score (nSPS) is 25.6. The van der Waals surface area contributed by atoms with Gasteiger partial charge < -0.3 is 14.4 Å². The Morgan fingerprint density at radius 1 is 1.26 bits per heavy atom. The summed E-state index contributed by atoms with van der Waals surface area (Å²) in [6, 6.07) is 5.74. The number of pyridine rings is 1. The number of amides is 1. The number of carbonyl (C=O) groups is 1. The molecule has 0 aliphatic carbocycles. The monoisotopic (exact) mass is 390 g/mol. The first-order valence-corrected chi connectivity index (χ1v) is 11.5. The highest BCUT2D eigenvalue weighted by molar-refractivity contribution is 7.99. The van der Waals surface area contributed by atoms with Crippen LogP contribution in [0.2, 0.25) is 0 Å². The van der Waals surface area contributed by atoms with Gasteiger partial charge in [0.15, 0.2) is 0 Å². The molecule has 1 atom stereocenters. The average Bonchev–Trinajstić information content (AvgIpc) is 3.11. The van der Waals surface area contributed by atoms with Crippen LogP contribution in [0.4, 0.5) is 0 Å². The first kappa shape index (κ1) is 19.1. The molecule has 0 N–H and O–H groups in total. The Balaban J connectivity index is 1.27. The second-order valence-electron chi connectivity index (χ2n) is 7.92. The summed E-state index contributed by atoms with van der Waals surface area (Å²) in [5.41, 5.74) is -0.0489. The molecule has 4 heterocycles. The number of hydrogen-bond acceptors (Lipinski definition) is 5. The molecule has 1 aromatic heterocycles. The molecule has 3 saturated heterocycles. The van der Waals surface area contributed by atoms with Gasteiger partial charge in [0.1, 0.15) is 0 Å². The van der Waals surface area contributed by atoms with Crippen molar-refractivity contribution in [1.82, 2.24) is 9.88 Å². The van der Waals surface area contributed by atoms with Gasteiger partial charge in [-0.05, 0) is 62.0 Å². The number of hydrogen-bond donors (Lipinski definition) is 0. The SMILES string of the molecule is O=C(C1CCSCC1)N1CCC2(CC1)OCC[C@H]2CCOc1ccccn1. The first-order valence-electron chi connectivity index (χ1n) is 10.3. The Bertz CT molecular complexity index is 613. The molecule has 1 amide bonds. The fourth-order valence-electron chi connectivity index (χ4n) is 4.79. The van der Waals surface area contributed by atoms with Crippen LogP contribution in [0, 0.1) is 11.8 Å². The van der Waals surface area contributed by atoms with Gasteiger partial charge in [0.05, 0.1) is 12.2 Å². The summed E-state index contributed by atoms with van der Waals surface area (Å²) in [6.07, 6.45) is 7.88. The molecule has 148 valence electrons. The predicted molar refractivity (Wildman–Crippen MR) is 107 cm³/mol. The molecule has 4 rings (SSSR count). The molecule has 5 nitrogen and oxygen atoms in total. The van der Waals surface area contributed by atoms with E-state index < -0.39 is 0 Å². The van der Waals surface area contributed by atoms with Crippen molar-refractivity contribution in [3.63, 3.8) is 0 Å². The van der Waals surface area contributed by atoms with Crippen LogP contribution < -0.4 is 4.74 Å². The Morgan fingerprint density at radius 2 is 2.07 bits per heavy atom. The van der Waals surface area contributed by atoms with Crippen LogP contribution in [-0.2, 0) is 9.53 Å². The maximum absolute atomic E-state index is 12.8. The lowest BCUT2D eigenvalue weighted by molar-refractivity contribution is -0.142. The van der Waals surface area contributed by atoms with Crippen molar-refractivity contribution >= 4 is 17.7 Å². The van der Waals surface area contributed by atoms with Gasteiger partial charge in [0, 0.05) is 37.9 Å². The highest BCUT2D eigenvalue weighted by Gasteiger charge is 2.46. The summed E-state index contributed by atoms with van der Waals surface area (Å²) in [4.78, 5) is 19.1. The Kier molecular flexibility index (Phi) is 6.23. The van der Waals surface area contributed by atoms with Gasteiger partial charge in [-0.2, -0.15) is 11.8 Å². The van der Waals surface area contributed by atoms with E-state index in [0.717, 1.165) is 69.7 Å². The summed E-state index contributed by atoms with van der Waals surface area (Å²) in [7, 11) is 0. The molecule has 3 aliphatic heterocycles. The summed E-state index contributed by atoms with van der Waals surface area (Å²) in [5.74, 6) is 4.12. The summed E-state index contributed by atoms with van der Waals surface area (Å²) in [6.45, 7) is 3.21. The van der Waals surface area contributed by atoms with Crippen LogP contribution in [0.15, 0.2) is 24.4 Å². The van der Waals surface area contributed by atoms with Crippen molar-refractivity contribution in [2.45, 2.75) is 44.1 Å². The number of ether oxygens (including phenoxy) is 2. The summed E-state index contributed by atoms with van der Waals surface area (Å²) < 4.78 is 12.1. The zero-order valence-corrected chi connectivity index (χ0v) is 16.8. The van der Waals surface area contributed by atoms with Gasteiger partial charge >= 0.3 is 0 Å². The number of aromatic nitrogens is 1. The lowest BCUT2D eigenvalue weighted by Crippen LogP contribution is -2.51. The quantitative estimate of drug-likeness (QED) is 0.771. The van der Waals surface area contributed by atoms with E-state index in [-0.39, 0.29) is 11.5 Å². The zero-order valence-electron chi connectivity index (χ0n) is 16.0. The molecular weight excluding hydrogens is 360 g/mol. The van der Waals surface area contributed by atoms with E-state index in [1.165, 1.54) is 0 Å². The zero-order chi connectivity index (χ0) is 18.5. The molecule has 3 aliphatic rings. The lowest BCUT2D eigenvalue weighted by Gasteiger charge is -2.43. The van der Waals surface area contributed by atoms with E-state index in [1.807, 2.05) is 30.0 Å². The van der Waals surface area contributed by atoms with E-state index >= 15 is 0 Å². The molecule has 0 unspecified atom stereocenters. The molecule has 6 heteroatoms. The minimum atomic E-state index is -0.0489. The van der Waals surface area contributed by atoms with Crippen molar-refractivity contribution in [1.29, 1.82) is 0 Å². The lowest BCUT2D eigenvalue weighted by atomic mass is 9.78. The van der Waals surface area contributed by atoms with Crippen LogP contribution in [-0.4, -0.2) is 59.2 Å². The standard InChI is InChI=1S/C21H30N2O3S/c24-20(17-6-15-27-16-7-17)23-11-8-21(9-12-23)18(5-14-26-21)4-13-25-19-3-1-2-10-22-19/h1-3,10,17-18H,4-9,11-16H2/t18-/m1/s1. The van der Waals surface area contributed by atoms with Crippen LogP contribution in [0.5, 0.6) is 5.88 Å². The summed E-state index contributed by atoms with van der Waals surface area (Å²) in [5, 5.41) is 0. The van der Waals surface area contributed by atoms with E-state index in [0.29, 0.717) is 24.3 Å². The number of piperidine rings is 1. The van der Waals surface area contributed by atoms with Gasteiger partial charge in [0.25, 0.3) is 0 Å². The number of rotatable bonds is 5. The van der Waals surface area contributed by atoms with Crippen molar-refractivity contribution in [2.24, 2.45) is 11.8 Å². The molecule has 0 radical (unpaired) electrons. The van der Waals surface area contributed by atoms with Gasteiger partial charge in [0.2, 0.25) is 11.8 Å².